The van der Waals surface area contributed by atoms with Gasteiger partial charge in [0.15, 0.2) is 0 Å². The van der Waals surface area contributed by atoms with Gasteiger partial charge >= 0.3 is 0 Å². The topological polar surface area (TPSA) is 29.5 Å². The number of benzene rings is 1. The minimum absolute atomic E-state index is 0.0109. The van der Waals surface area contributed by atoms with Crippen molar-refractivity contribution in [2.24, 2.45) is 0 Å². The maximum Gasteiger partial charge on any atom is 0.123 e. The zero-order valence-corrected chi connectivity index (χ0v) is 10.7. The van der Waals surface area contributed by atoms with Crippen LogP contribution in [-0.4, -0.2) is 23.9 Å². The third-order valence-electron chi connectivity index (χ3n) is 2.54. The summed E-state index contributed by atoms with van der Waals surface area (Å²) in [6.07, 6.45) is 0.692. The number of halogens is 1. The standard InChI is InChI=1S/C14H21FO2/c1-14(2,3)17-8-7-12(10-16)11-5-4-6-13(15)9-11/h4-6,9,12,16H,7-8,10H2,1-3H3. The summed E-state index contributed by atoms with van der Waals surface area (Å²) in [6, 6.07) is 6.38. The average Bonchev–Trinajstić information content (AvgIpc) is 2.23. The molecule has 0 bridgehead atoms. The lowest BCUT2D eigenvalue weighted by molar-refractivity contribution is -0.00805. The van der Waals surface area contributed by atoms with Crippen LogP contribution >= 0.6 is 0 Å². The van der Waals surface area contributed by atoms with Crippen LogP contribution in [0.25, 0.3) is 0 Å². The third kappa shape index (κ3) is 5.29. The van der Waals surface area contributed by atoms with Crippen LogP contribution in [0.4, 0.5) is 4.39 Å². The van der Waals surface area contributed by atoms with Crippen LogP contribution < -0.4 is 0 Å². The molecule has 17 heavy (non-hydrogen) atoms. The van der Waals surface area contributed by atoms with Gasteiger partial charge < -0.3 is 9.84 Å². The summed E-state index contributed by atoms with van der Waals surface area (Å²) in [4.78, 5) is 0. The molecule has 0 aromatic heterocycles. The summed E-state index contributed by atoms with van der Waals surface area (Å²) in [5.41, 5.74) is 0.645. The fraction of sp³-hybridized carbons (Fsp3) is 0.571. The van der Waals surface area contributed by atoms with E-state index in [1.807, 2.05) is 26.8 Å². The summed E-state index contributed by atoms with van der Waals surface area (Å²) in [7, 11) is 0. The predicted octanol–water partition coefficient (Wildman–Crippen LogP) is 3.11. The minimum Gasteiger partial charge on any atom is -0.396 e. The Labute approximate surface area is 102 Å². The molecule has 1 aromatic carbocycles. The van der Waals surface area contributed by atoms with Gasteiger partial charge in [-0.15, -0.1) is 0 Å². The normalized spacial score (nSPS) is 13.7. The van der Waals surface area contributed by atoms with E-state index in [4.69, 9.17) is 4.74 Å². The van der Waals surface area contributed by atoms with Crippen molar-refractivity contribution >= 4 is 0 Å². The fourth-order valence-corrected chi connectivity index (χ4v) is 1.63. The number of rotatable bonds is 5. The van der Waals surface area contributed by atoms with Gasteiger partial charge in [-0.2, -0.15) is 0 Å². The van der Waals surface area contributed by atoms with Crippen LogP contribution in [0.2, 0.25) is 0 Å². The van der Waals surface area contributed by atoms with Crippen molar-refractivity contribution in [3.63, 3.8) is 0 Å². The lowest BCUT2D eigenvalue weighted by atomic mass is 9.97. The predicted molar refractivity (Wildman–Crippen MR) is 66.5 cm³/mol. The van der Waals surface area contributed by atoms with E-state index in [-0.39, 0.29) is 23.9 Å². The molecule has 1 N–H and O–H groups in total. The molecule has 2 nitrogen and oxygen atoms in total. The molecule has 0 heterocycles. The summed E-state index contributed by atoms with van der Waals surface area (Å²) >= 11 is 0. The molecule has 0 fully saturated rings. The second-order valence-electron chi connectivity index (χ2n) is 5.18. The van der Waals surface area contributed by atoms with Crippen LogP contribution in [0.15, 0.2) is 24.3 Å². The van der Waals surface area contributed by atoms with Gasteiger partial charge in [0.1, 0.15) is 5.82 Å². The molecule has 0 aliphatic carbocycles. The molecule has 0 spiro atoms. The molecule has 1 rings (SSSR count). The Morgan fingerprint density at radius 3 is 2.59 bits per heavy atom. The van der Waals surface area contributed by atoms with Gasteiger partial charge in [-0.1, -0.05) is 12.1 Å². The van der Waals surface area contributed by atoms with Crippen molar-refractivity contribution in [3.05, 3.63) is 35.6 Å². The zero-order valence-electron chi connectivity index (χ0n) is 10.7. The molecular weight excluding hydrogens is 219 g/mol. The molecule has 0 aliphatic rings. The smallest absolute Gasteiger partial charge is 0.123 e. The highest BCUT2D eigenvalue weighted by atomic mass is 19.1. The van der Waals surface area contributed by atoms with Crippen LogP contribution in [0, 0.1) is 5.82 Å². The molecule has 0 saturated heterocycles. The minimum atomic E-state index is -0.266. The quantitative estimate of drug-likeness (QED) is 0.857. The van der Waals surface area contributed by atoms with Crippen molar-refractivity contribution in [3.8, 4) is 0 Å². The molecule has 1 aromatic rings. The van der Waals surface area contributed by atoms with Crippen molar-refractivity contribution in [2.75, 3.05) is 13.2 Å². The first-order chi connectivity index (χ1) is 7.92. The van der Waals surface area contributed by atoms with E-state index in [2.05, 4.69) is 0 Å². The van der Waals surface area contributed by atoms with Crippen LogP contribution in [0.5, 0.6) is 0 Å². The van der Waals surface area contributed by atoms with Gasteiger partial charge in [0.25, 0.3) is 0 Å². The molecular formula is C14H21FO2. The molecule has 1 unspecified atom stereocenters. The highest BCUT2D eigenvalue weighted by Gasteiger charge is 2.14. The van der Waals surface area contributed by atoms with E-state index in [0.29, 0.717) is 13.0 Å². The van der Waals surface area contributed by atoms with Gasteiger partial charge in [0.05, 0.1) is 12.2 Å². The monoisotopic (exact) mass is 240 g/mol. The lowest BCUT2D eigenvalue weighted by Gasteiger charge is -2.22. The molecule has 0 amide bonds. The second kappa shape index (κ2) is 6.12. The molecule has 3 heteroatoms. The Bertz CT molecular complexity index is 344. The van der Waals surface area contributed by atoms with Gasteiger partial charge in [-0.3, -0.25) is 0 Å². The Balaban J connectivity index is 2.54. The first-order valence-corrected chi connectivity index (χ1v) is 5.92. The Hall–Kier alpha value is -0.930. The first kappa shape index (κ1) is 14.1. The van der Waals surface area contributed by atoms with Gasteiger partial charge in [0.2, 0.25) is 0 Å². The van der Waals surface area contributed by atoms with Crippen molar-refractivity contribution in [1.29, 1.82) is 0 Å². The summed E-state index contributed by atoms with van der Waals surface area (Å²) < 4.78 is 18.7. The first-order valence-electron chi connectivity index (χ1n) is 5.92. The number of hydrogen-bond acceptors (Lipinski definition) is 2. The van der Waals surface area contributed by atoms with Gasteiger partial charge in [0, 0.05) is 12.5 Å². The maximum absolute atomic E-state index is 13.1. The van der Waals surface area contributed by atoms with Crippen molar-refractivity contribution in [1.82, 2.24) is 0 Å². The summed E-state index contributed by atoms with van der Waals surface area (Å²) in [5, 5.41) is 9.32. The molecule has 96 valence electrons. The van der Waals surface area contributed by atoms with Crippen molar-refractivity contribution < 1.29 is 14.2 Å². The SMILES string of the molecule is CC(C)(C)OCCC(CO)c1cccc(F)c1. The zero-order chi connectivity index (χ0) is 12.9. The summed E-state index contributed by atoms with van der Waals surface area (Å²) in [5.74, 6) is -0.328. The van der Waals surface area contributed by atoms with Crippen LogP contribution in [0.1, 0.15) is 38.7 Å². The molecule has 0 radical (unpaired) electrons. The number of hydrogen-bond donors (Lipinski definition) is 1. The molecule has 0 saturated carbocycles. The largest absolute Gasteiger partial charge is 0.396 e. The van der Waals surface area contributed by atoms with Crippen LogP contribution in [-0.2, 0) is 4.74 Å². The maximum atomic E-state index is 13.1. The Kier molecular flexibility index (Phi) is 5.09. The second-order valence-corrected chi connectivity index (χ2v) is 5.18. The van der Waals surface area contributed by atoms with Crippen molar-refractivity contribution in [2.45, 2.75) is 38.7 Å². The average molecular weight is 240 g/mol. The van der Waals surface area contributed by atoms with E-state index in [1.165, 1.54) is 12.1 Å². The van der Waals surface area contributed by atoms with E-state index in [1.54, 1.807) is 6.07 Å². The highest BCUT2D eigenvalue weighted by Crippen LogP contribution is 2.21. The van der Waals surface area contributed by atoms with Crippen LogP contribution in [0.3, 0.4) is 0 Å². The summed E-state index contributed by atoms with van der Waals surface area (Å²) in [6.45, 7) is 6.54. The number of ether oxygens (including phenoxy) is 1. The van der Waals surface area contributed by atoms with Gasteiger partial charge in [-0.05, 0) is 44.9 Å². The number of aliphatic hydroxyl groups is 1. The Morgan fingerprint density at radius 1 is 1.35 bits per heavy atom. The van der Waals surface area contributed by atoms with E-state index >= 15 is 0 Å². The molecule has 0 aliphatic heterocycles. The molecule has 1 atom stereocenters. The number of aliphatic hydroxyl groups excluding tert-OH is 1. The lowest BCUT2D eigenvalue weighted by Crippen LogP contribution is -2.21. The highest BCUT2D eigenvalue weighted by molar-refractivity contribution is 5.20. The van der Waals surface area contributed by atoms with Gasteiger partial charge in [-0.25, -0.2) is 4.39 Å². The van der Waals surface area contributed by atoms with E-state index in [9.17, 15) is 9.50 Å². The Morgan fingerprint density at radius 2 is 2.06 bits per heavy atom. The fourth-order valence-electron chi connectivity index (χ4n) is 1.63. The van der Waals surface area contributed by atoms with E-state index in [0.717, 1.165) is 5.56 Å². The van der Waals surface area contributed by atoms with E-state index < -0.39 is 0 Å². The third-order valence-corrected chi connectivity index (χ3v) is 2.54.